The summed E-state index contributed by atoms with van der Waals surface area (Å²) in [5, 5.41) is 2.96. The molecule has 0 saturated carbocycles. The van der Waals surface area contributed by atoms with Crippen molar-refractivity contribution in [3.05, 3.63) is 83.4 Å². The molecule has 3 aromatic rings. The number of amides is 1. The lowest BCUT2D eigenvalue weighted by Gasteiger charge is -2.26. The summed E-state index contributed by atoms with van der Waals surface area (Å²) in [5.41, 5.74) is 3.97. The molecule has 0 radical (unpaired) electrons. The molecule has 0 unspecified atom stereocenters. The largest absolute Gasteiger partial charge is 0.497 e. The Morgan fingerprint density at radius 3 is 2.40 bits per heavy atom. The number of methoxy groups -OCH3 is 2. The smallest absolute Gasteiger partial charge is 0.264 e. The van der Waals surface area contributed by atoms with Gasteiger partial charge in [-0.2, -0.15) is 0 Å². The lowest BCUT2D eigenvalue weighted by Crippen LogP contribution is -2.41. The molecule has 4 rings (SSSR count). The van der Waals surface area contributed by atoms with Crippen molar-refractivity contribution in [3.8, 4) is 11.5 Å². The molecule has 0 spiro atoms. The number of carbonyl (C=O) groups is 1. The maximum atomic E-state index is 13.7. The first-order chi connectivity index (χ1) is 16.8. The van der Waals surface area contributed by atoms with Gasteiger partial charge >= 0.3 is 0 Å². The Hall–Kier alpha value is -3.52. The summed E-state index contributed by atoms with van der Waals surface area (Å²) in [6.07, 6.45) is 3.29. The second kappa shape index (κ2) is 10.4. The normalized spacial score (nSPS) is 13.6. The van der Waals surface area contributed by atoms with Crippen molar-refractivity contribution in [2.45, 2.75) is 37.1 Å². The first-order valence-electron chi connectivity index (χ1n) is 11.5. The first kappa shape index (κ1) is 24.6. The standard InChI is InChI=1S/C27H30N2O5S/c1-19(21-12-11-20-7-6-8-22(20)17-21)28-27(30)18-29(25-9-4-5-10-26(25)34-3)35(31,32)24-15-13-23(33-2)14-16-24/h4-5,9-17,19H,6-8,18H2,1-3H3,(H,28,30)/t19-/m0/s1. The highest BCUT2D eigenvalue weighted by molar-refractivity contribution is 7.92. The van der Waals surface area contributed by atoms with Gasteiger partial charge in [0.25, 0.3) is 10.0 Å². The quantitative estimate of drug-likeness (QED) is 0.480. The Balaban J connectivity index is 1.61. The van der Waals surface area contributed by atoms with E-state index in [4.69, 9.17) is 9.47 Å². The molecule has 1 aliphatic rings. The third kappa shape index (κ3) is 5.27. The third-order valence-electron chi connectivity index (χ3n) is 6.29. The topological polar surface area (TPSA) is 84.9 Å². The fourth-order valence-electron chi connectivity index (χ4n) is 4.37. The van der Waals surface area contributed by atoms with Crippen molar-refractivity contribution in [1.29, 1.82) is 0 Å². The molecular weight excluding hydrogens is 464 g/mol. The average molecular weight is 495 g/mol. The lowest BCUT2D eigenvalue weighted by molar-refractivity contribution is -0.120. The summed E-state index contributed by atoms with van der Waals surface area (Å²) in [4.78, 5) is 13.2. The van der Waals surface area contributed by atoms with E-state index in [-0.39, 0.29) is 16.6 Å². The molecule has 0 bridgehead atoms. The Morgan fingerprint density at radius 1 is 0.971 bits per heavy atom. The van der Waals surface area contributed by atoms with Gasteiger partial charge in [0.05, 0.1) is 30.8 Å². The zero-order valence-corrected chi connectivity index (χ0v) is 21.0. The van der Waals surface area contributed by atoms with E-state index in [0.29, 0.717) is 11.5 Å². The number of para-hydroxylation sites is 2. The predicted octanol–water partition coefficient (Wildman–Crippen LogP) is 4.27. The van der Waals surface area contributed by atoms with E-state index in [9.17, 15) is 13.2 Å². The fraction of sp³-hybridized carbons (Fsp3) is 0.296. The van der Waals surface area contributed by atoms with Gasteiger partial charge < -0.3 is 14.8 Å². The van der Waals surface area contributed by atoms with E-state index >= 15 is 0 Å². The van der Waals surface area contributed by atoms with Gasteiger partial charge in [-0.1, -0.05) is 30.3 Å². The number of anilines is 1. The molecule has 8 heteroatoms. The number of carbonyl (C=O) groups excluding carboxylic acids is 1. The number of sulfonamides is 1. The van der Waals surface area contributed by atoms with E-state index < -0.39 is 22.5 Å². The van der Waals surface area contributed by atoms with Crippen LogP contribution in [0.2, 0.25) is 0 Å². The number of hydrogen-bond acceptors (Lipinski definition) is 5. The van der Waals surface area contributed by atoms with E-state index in [1.54, 1.807) is 36.4 Å². The molecule has 3 aromatic carbocycles. The van der Waals surface area contributed by atoms with Gasteiger partial charge in [0, 0.05) is 0 Å². The highest BCUT2D eigenvalue weighted by Gasteiger charge is 2.30. The van der Waals surface area contributed by atoms with Crippen LogP contribution in [0.25, 0.3) is 0 Å². The number of rotatable bonds is 9. The fourth-order valence-corrected chi connectivity index (χ4v) is 5.80. The van der Waals surface area contributed by atoms with Crippen molar-refractivity contribution in [3.63, 3.8) is 0 Å². The highest BCUT2D eigenvalue weighted by atomic mass is 32.2. The van der Waals surface area contributed by atoms with Gasteiger partial charge in [-0.3, -0.25) is 9.10 Å². The van der Waals surface area contributed by atoms with Crippen LogP contribution < -0.4 is 19.1 Å². The Kier molecular flexibility index (Phi) is 7.31. The van der Waals surface area contributed by atoms with Crippen LogP contribution in [0.15, 0.2) is 71.6 Å². The molecule has 1 atom stereocenters. The zero-order chi connectivity index (χ0) is 25.0. The van der Waals surface area contributed by atoms with Gasteiger partial charge in [-0.15, -0.1) is 0 Å². The van der Waals surface area contributed by atoms with Crippen LogP contribution in [0.4, 0.5) is 5.69 Å². The van der Waals surface area contributed by atoms with E-state index in [2.05, 4.69) is 17.4 Å². The van der Waals surface area contributed by atoms with E-state index in [0.717, 1.165) is 29.1 Å². The number of hydrogen-bond donors (Lipinski definition) is 1. The molecule has 1 amide bonds. The third-order valence-corrected chi connectivity index (χ3v) is 8.06. The van der Waals surface area contributed by atoms with Crippen molar-refractivity contribution in [2.24, 2.45) is 0 Å². The molecule has 35 heavy (non-hydrogen) atoms. The minimum absolute atomic E-state index is 0.0451. The molecule has 0 aliphatic heterocycles. The number of nitrogens with zero attached hydrogens (tertiary/aromatic N) is 1. The van der Waals surface area contributed by atoms with Gasteiger partial charge in [0.2, 0.25) is 5.91 Å². The summed E-state index contributed by atoms with van der Waals surface area (Å²) in [6, 6.07) is 18.8. The van der Waals surface area contributed by atoms with Gasteiger partial charge in [-0.25, -0.2) is 8.42 Å². The van der Waals surface area contributed by atoms with Crippen LogP contribution in [-0.2, 0) is 27.7 Å². The monoisotopic (exact) mass is 494 g/mol. The molecule has 0 fully saturated rings. The number of aryl methyl sites for hydroxylation is 2. The lowest BCUT2D eigenvalue weighted by atomic mass is 10.0. The van der Waals surface area contributed by atoms with Crippen LogP contribution in [0, 0.1) is 0 Å². The number of fused-ring (bicyclic) bond motifs is 1. The SMILES string of the molecule is COc1ccc(S(=O)(=O)N(CC(=O)N[C@@H](C)c2ccc3c(c2)CCC3)c2ccccc2OC)cc1. The number of nitrogens with one attached hydrogen (secondary N) is 1. The molecule has 7 nitrogen and oxygen atoms in total. The average Bonchev–Trinajstić information content (AvgIpc) is 3.35. The van der Waals surface area contributed by atoms with Crippen LogP contribution in [0.3, 0.4) is 0 Å². The molecule has 1 N–H and O–H groups in total. The number of ether oxygens (including phenoxy) is 2. The Morgan fingerprint density at radius 2 is 1.69 bits per heavy atom. The predicted molar refractivity (Wildman–Crippen MR) is 136 cm³/mol. The van der Waals surface area contributed by atoms with E-state index in [1.807, 2.05) is 13.0 Å². The molecule has 184 valence electrons. The molecule has 0 saturated heterocycles. The Bertz CT molecular complexity index is 1310. The molecule has 0 aromatic heterocycles. The van der Waals surface area contributed by atoms with Gasteiger partial charge in [0.15, 0.2) is 0 Å². The van der Waals surface area contributed by atoms with Crippen molar-refractivity contribution in [1.82, 2.24) is 5.32 Å². The number of benzene rings is 3. The van der Waals surface area contributed by atoms with Crippen LogP contribution in [-0.4, -0.2) is 35.1 Å². The second-order valence-corrected chi connectivity index (χ2v) is 10.4. The highest BCUT2D eigenvalue weighted by Crippen LogP contribution is 2.33. The van der Waals surface area contributed by atoms with Crippen LogP contribution >= 0.6 is 0 Å². The molecular formula is C27H30N2O5S. The second-order valence-electron chi connectivity index (χ2n) is 8.53. The van der Waals surface area contributed by atoms with Gasteiger partial charge in [0.1, 0.15) is 18.0 Å². The maximum absolute atomic E-state index is 13.7. The first-order valence-corrected chi connectivity index (χ1v) is 13.0. The Labute approximate surface area is 206 Å². The van der Waals surface area contributed by atoms with Crippen molar-refractivity contribution >= 4 is 21.6 Å². The van der Waals surface area contributed by atoms with E-state index in [1.165, 1.54) is 37.5 Å². The summed E-state index contributed by atoms with van der Waals surface area (Å²) in [7, 11) is -1.10. The minimum atomic E-state index is -4.08. The molecule has 0 heterocycles. The summed E-state index contributed by atoms with van der Waals surface area (Å²) >= 11 is 0. The zero-order valence-electron chi connectivity index (χ0n) is 20.2. The van der Waals surface area contributed by atoms with Crippen LogP contribution in [0.1, 0.15) is 36.1 Å². The van der Waals surface area contributed by atoms with Crippen molar-refractivity contribution < 1.29 is 22.7 Å². The van der Waals surface area contributed by atoms with Crippen molar-refractivity contribution in [2.75, 3.05) is 25.1 Å². The summed E-state index contributed by atoms with van der Waals surface area (Å²) in [5.74, 6) is 0.471. The van der Waals surface area contributed by atoms with Gasteiger partial charge in [-0.05, 0) is 79.3 Å². The van der Waals surface area contributed by atoms with Crippen LogP contribution in [0.5, 0.6) is 11.5 Å². The summed E-state index contributed by atoms with van der Waals surface area (Å²) < 4.78 is 39.0. The molecule has 1 aliphatic carbocycles. The minimum Gasteiger partial charge on any atom is -0.497 e. The summed E-state index contributed by atoms with van der Waals surface area (Å²) in [6.45, 7) is 1.50. The maximum Gasteiger partial charge on any atom is 0.264 e.